The van der Waals surface area contributed by atoms with E-state index in [1.165, 1.54) is 6.08 Å². The van der Waals surface area contributed by atoms with Gasteiger partial charge in [-0.25, -0.2) is 13.6 Å². The van der Waals surface area contributed by atoms with Crippen LogP contribution in [0.3, 0.4) is 0 Å². The van der Waals surface area contributed by atoms with Crippen LogP contribution in [0.1, 0.15) is 59.8 Å². The Kier molecular flexibility index (Phi) is 10.4. The van der Waals surface area contributed by atoms with Crippen molar-refractivity contribution in [3.63, 3.8) is 0 Å². The zero-order valence-electron chi connectivity index (χ0n) is 14.2. The molecule has 2 atom stereocenters. The maximum Gasteiger partial charge on any atom is 0.241 e. The van der Waals surface area contributed by atoms with Crippen molar-refractivity contribution >= 4 is 10.0 Å². The topological polar surface area (TPSA) is 89.6 Å². The monoisotopic (exact) mass is 333 g/mol. The molecular formula is C16H31NO4S. The van der Waals surface area contributed by atoms with Crippen LogP contribution in [0.2, 0.25) is 0 Å². The van der Waals surface area contributed by atoms with Gasteiger partial charge in [0.2, 0.25) is 10.0 Å². The van der Waals surface area contributed by atoms with E-state index in [-0.39, 0.29) is 17.4 Å². The highest BCUT2D eigenvalue weighted by Gasteiger charge is 2.19. The van der Waals surface area contributed by atoms with Crippen molar-refractivity contribution in [2.75, 3.05) is 6.61 Å². The highest BCUT2D eigenvalue weighted by molar-refractivity contribution is 7.93. The molecule has 22 heavy (non-hydrogen) atoms. The molecule has 5 nitrogen and oxygen atoms in total. The second-order valence-corrected chi connectivity index (χ2v) is 7.14. The van der Waals surface area contributed by atoms with Crippen LogP contribution in [0.15, 0.2) is 22.8 Å². The van der Waals surface area contributed by atoms with Gasteiger partial charge in [0, 0.05) is 6.42 Å². The molecule has 0 radical (unpaired) electrons. The summed E-state index contributed by atoms with van der Waals surface area (Å²) < 4.78 is 29.4. The van der Waals surface area contributed by atoms with Gasteiger partial charge in [0.25, 0.3) is 0 Å². The molecule has 0 heterocycles. The van der Waals surface area contributed by atoms with E-state index in [2.05, 4.69) is 0 Å². The van der Waals surface area contributed by atoms with Gasteiger partial charge >= 0.3 is 0 Å². The molecule has 0 aliphatic carbocycles. The second-order valence-electron chi connectivity index (χ2n) is 5.61. The predicted molar refractivity (Wildman–Crippen MR) is 90.5 cm³/mol. The fourth-order valence-electron chi connectivity index (χ4n) is 1.71. The minimum atomic E-state index is -3.87. The van der Waals surface area contributed by atoms with Crippen molar-refractivity contribution in [1.82, 2.24) is 0 Å². The van der Waals surface area contributed by atoms with Crippen LogP contribution in [-0.4, -0.2) is 26.2 Å². The van der Waals surface area contributed by atoms with E-state index in [4.69, 9.17) is 9.88 Å². The number of hydrogen-bond donors (Lipinski definition) is 2. The summed E-state index contributed by atoms with van der Waals surface area (Å²) >= 11 is 0. The minimum Gasteiger partial charge on any atom is -0.494 e. The number of aliphatic hydroxyl groups excluding tert-OH is 1. The molecule has 0 amide bonds. The Labute approximate surface area is 135 Å². The van der Waals surface area contributed by atoms with Crippen molar-refractivity contribution < 1.29 is 18.3 Å². The van der Waals surface area contributed by atoms with Crippen molar-refractivity contribution in [2.45, 2.75) is 65.9 Å². The first-order valence-electron chi connectivity index (χ1n) is 7.99. The molecule has 0 bridgehead atoms. The number of ether oxygens (including phenoxy) is 1. The van der Waals surface area contributed by atoms with E-state index in [0.29, 0.717) is 18.6 Å². The lowest BCUT2D eigenvalue weighted by molar-refractivity contribution is 0.0634. The van der Waals surface area contributed by atoms with Crippen LogP contribution in [0.5, 0.6) is 0 Å². The zero-order valence-corrected chi connectivity index (χ0v) is 15.0. The van der Waals surface area contributed by atoms with E-state index in [9.17, 15) is 13.5 Å². The summed E-state index contributed by atoms with van der Waals surface area (Å²) in [5.74, 6) is 0.613. The molecule has 0 aliphatic heterocycles. The largest absolute Gasteiger partial charge is 0.494 e. The minimum absolute atomic E-state index is 0.0181. The normalized spacial score (nSPS) is 16.5. The average Bonchev–Trinajstić information content (AvgIpc) is 2.46. The lowest BCUT2D eigenvalue weighted by Gasteiger charge is -2.18. The molecule has 6 heteroatoms. The molecule has 0 aromatic rings. The molecule has 0 saturated carbocycles. The highest BCUT2D eigenvalue weighted by Crippen LogP contribution is 2.23. The quantitative estimate of drug-likeness (QED) is 0.449. The zero-order chi connectivity index (χ0) is 17.2. The van der Waals surface area contributed by atoms with Gasteiger partial charge in [0.05, 0.1) is 6.10 Å². The summed E-state index contributed by atoms with van der Waals surface area (Å²) in [5, 5.41) is 15.0. The third-order valence-electron chi connectivity index (χ3n) is 3.46. The van der Waals surface area contributed by atoms with Gasteiger partial charge in [-0.05, 0) is 24.8 Å². The Bertz CT molecular complexity index is 469. The molecule has 130 valence electrons. The first-order valence-corrected chi connectivity index (χ1v) is 9.54. The van der Waals surface area contributed by atoms with Crippen LogP contribution in [0.4, 0.5) is 0 Å². The number of aliphatic hydroxyl groups is 1. The third kappa shape index (κ3) is 8.56. The second kappa shape index (κ2) is 10.8. The van der Waals surface area contributed by atoms with E-state index in [1.807, 2.05) is 27.7 Å². The summed E-state index contributed by atoms with van der Waals surface area (Å²) in [4.78, 5) is 0.0181. The lowest BCUT2D eigenvalue weighted by Crippen LogP contribution is -2.20. The number of sulfonamides is 1. The summed E-state index contributed by atoms with van der Waals surface area (Å²) in [6, 6.07) is 0. The van der Waals surface area contributed by atoms with E-state index in [1.54, 1.807) is 6.08 Å². The number of allylic oxidation sites excluding steroid dienone is 3. The summed E-state index contributed by atoms with van der Waals surface area (Å²) in [7, 11) is -3.87. The Hall–Kier alpha value is -0.850. The number of primary sulfonamides is 1. The van der Waals surface area contributed by atoms with Crippen LogP contribution in [0, 0.1) is 5.92 Å². The molecule has 0 aromatic carbocycles. The fourth-order valence-corrected chi connectivity index (χ4v) is 2.46. The van der Waals surface area contributed by atoms with Crippen LogP contribution < -0.4 is 5.14 Å². The van der Waals surface area contributed by atoms with Crippen LogP contribution in [-0.2, 0) is 14.8 Å². The fraction of sp³-hybridized carbons (Fsp3) is 0.750. The van der Waals surface area contributed by atoms with Crippen molar-refractivity contribution in [3.05, 3.63) is 22.8 Å². The molecule has 0 aromatic heterocycles. The summed E-state index contributed by atoms with van der Waals surface area (Å²) in [5.41, 5.74) is 0. The molecule has 0 rings (SSSR count). The molecule has 0 spiro atoms. The lowest BCUT2D eigenvalue weighted by atomic mass is 10.0. The van der Waals surface area contributed by atoms with Gasteiger partial charge < -0.3 is 9.84 Å². The first-order chi connectivity index (χ1) is 10.3. The van der Waals surface area contributed by atoms with Crippen LogP contribution in [0.25, 0.3) is 0 Å². The molecular weight excluding hydrogens is 302 g/mol. The summed E-state index contributed by atoms with van der Waals surface area (Å²) in [6.45, 7) is 7.98. The summed E-state index contributed by atoms with van der Waals surface area (Å²) in [6.07, 6.45) is 6.32. The van der Waals surface area contributed by atoms with Crippen molar-refractivity contribution in [2.24, 2.45) is 11.1 Å². The standard InChI is InChI=1S/C16H31NO4S/c1-5-8-9-10-16(22(17,19)20)15(11-13(4)6-2)21-12-14(18)7-3/h9-10,13-14,18H,5-8,11-12H2,1-4H3,(H2,17,19,20)/b10-9+,16-15-. The Morgan fingerprint density at radius 1 is 1.27 bits per heavy atom. The Morgan fingerprint density at radius 3 is 2.36 bits per heavy atom. The van der Waals surface area contributed by atoms with Gasteiger partial charge in [-0.2, -0.15) is 0 Å². The third-order valence-corrected chi connectivity index (χ3v) is 4.43. The SMILES string of the molecule is CCC/C=C/C(=C(\CC(C)CC)OCC(O)CC)S(N)(=O)=O. The van der Waals surface area contributed by atoms with E-state index < -0.39 is 16.1 Å². The average molecular weight is 333 g/mol. The number of hydrogen-bond acceptors (Lipinski definition) is 4. The molecule has 0 aliphatic rings. The number of unbranched alkanes of at least 4 members (excludes halogenated alkanes) is 1. The molecule has 0 saturated heterocycles. The smallest absolute Gasteiger partial charge is 0.241 e. The van der Waals surface area contributed by atoms with Gasteiger partial charge in [0.15, 0.2) is 0 Å². The maximum absolute atomic E-state index is 11.9. The van der Waals surface area contributed by atoms with Crippen LogP contribution >= 0.6 is 0 Å². The van der Waals surface area contributed by atoms with E-state index >= 15 is 0 Å². The molecule has 2 unspecified atom stereocenters. The highest BCUT2D eigenvalue weighted by atomic mass is 32.2. The maximum atomic E-state index is 11.9. The Morgan fingerprint density at radius 2 is 1.91 bits per heavy atom. The Balaban J connectivity index is 5.53. The number of rotatable bonds is 11. The van der Waals surface area contributed by atoms with Gasteiger partial charge in [0.1, 0.15) is 17.3 Å². The van der Waals surface area contributed by atoms with E-state index in [0.717, 1.165) is 19.3 Å². The van der Waals surface area contributed by atoms with Gasteiger partial charge in [-0.1, -0.05) is 46.6 Å². The van der Waals surface area contributed by atoms with Gasteiger partial charge in [-0.15, -0.1) is 0 Å². The first kappa shape index (κ1) is 21.1. The van der Waals surface area contributed by atoms with Crippen molar-refractivity contribution in [1.29, 1.82) is 0 Å². The number of nitrogens with two attached hydrogens (primary N) is 1. The predicted octanol–water partition coefficient (Wildman–Crippen LogP) is 3.07. The molecule has 0 fully saturated rings. The van der Waals surface area contributed by atoms with Gasteiger partial charge in [-0.3, -0.25) is 0 Å². The van der Waals surface area contributed by atoms with Crippen molar-refractivity contribution in [3.8, 4) is 0 Å². The molecule has 3 N–H and O–H groups in total.